The molecule has 12 heteroatoms. The predicted molar refractivity (Wildman–Crippen MR) is 133 cm³/mol. The first-order chi connectivity index (χ1) is 18.8. The van der Waals surface area contributed by atoms with Crippen LogP contribution in [0.5, 0.6) is 11.6 Å². The first kappa shape index (κ1) is 25.3. The first-order valence-electron chi connectivity index (χ1n) is 12.8. The van der Waals surface area contributed by atoms with Crippen LogP contribution in [0, 0.1) is 5.82 Å². The van der Waals surface area contributed by atoms with Crippen LogP contribution in [0.25, 0.3) is 22.6 Å². The molecule has 0 saturated heterocycles. The fourth-order valence-corrected chi connectivity index (χ4v) is 5.05. The maximum atomic E-state index is 15.2. The molecular weight excluding hydrogens is 516 g/mol. The van der Waals surface area contributed by atoms with Crippen molar-refractivity contribution in [1.82, 2.24) is 29.3 Å². The molecule has 0 N–H and O–H groups in total. The van der Waals surface area contributed by atoms with Gasteiger partial charge in [0.15, 0.2) is 5.69 Å². The molecule has 6 rings (SSSR count). The van der Waals surface area contributed by atoms with Gasteiger partial charge in [0.25, 0.3) is 0 Å². The van der Waals surface area contributed by atoms with Crippen molar-refractivity contribution in [3.8, 4) is 34.3 Å². The molecule has 1 aromatic carbocycles. The number of alkyl halides is 3. The molecule has 0 unspecified atom stereocenters. The highest BCUT2D eigenvalue weighted by molar-refractivity contribution is 5.69. The second-order valence-corrected chi connectivity index (χ2v) is 9.72. The zero-order valence-electron chi connectivity index (χ0n) is 21.4. The molecule has 0 amide bonds. The minimum Gasteiger partial charge on any atom is -0.484 e. The van der Waals surface area contributed by atoms with Crippen LogP contribution in [0.4, 0.5) is 17.6 Å². The van der Waals surface area contributed by atoms with Gasteiger partial charge in [-0.3, -0.25) is 4.68 Å². The van der Waals surface area contributed by atoms with Gasteiger partial charge in [-0.25, -0.2) is 19.3 Å². The zero-order chi connectivity index (χ0) is 27.3. The zero-order valence-corrected chi connectivity index (χ0v) is 21.4. The molecule has 4 aromatic rings. The fraction of sp³-hybridized carbons (Fsp3) is 0.407. The van der Waals surface area contributed by atoms with Gasteiger partial charge in [-0.2, -0.15) is 18.3 Å². The smallest absolute Gasteiger partial charge is 0.434 e. The number of nitrogens with zero attached hydrogens (tertiary/aromatic N) is 6. The van der Waals surface area contributed by atoms with E-state index in [9.17, 15) is 13.2 Å². The highest BCUT2D eigenvalue weighted by Gasteiger charge is 2.36. The summed E-state index contributed by atoms with van der Waals surface area (Å²) in [6.07, 6.45) is 1.02. The van der Waals surface area contributed by atoms with Gasteiger partial charge in [0.1, 0.15) is 35.5 Å². The van der Waals surface area contributed by atoms with Crippen LogP contribution in [-0.2, 0) is 19.3 Å². The Morgan fingerprint density at radius 2 is 1.92 bits per heavy atom. The summed E-state index contributed by atoms with van der Waals surface area (Å²) in [5, 5.41) is 4.80. The van der Waals surface area contributed by atoms with Crippen molar-refractivity contribution < 1.29 is 27.0 Å². The summed E-state index contributed by atoms with van der Waals surface area (Å²) in [5.41, 5.74) is 2.16. The molecule has 39 heavy (non-hydrogen) atoms. The van der Waals surface area contributed by atoms with Crippen LogP contribution in [0.15, 0.2) is 36.8 Å². The monoisotopic (exact) mass is 542 g/mol. The minimum atomic E-state index is -4.62. The van der Waals surface area contributed by atoms with E-state index in [0.29, 0.717) is 30.5 Å². The number of benzene rings is 1. The lowest BCUT2D eigenvalue weighted by atomic mass is 10.0. The number of imidazole rings is 1. The third kappa shape index (κ3) is 4.72. The van der Waals surface area contributed by atoms with E-state index in [2.05, 4.69) is 15.0 Å². The van der Waals surface area contributed by atoms with Gasteiger partial charge in [-0.05, 0) is 50.8 Å². The number of hydrogen-bond donors (Lipinski definition) is 0. The molecule has 8 nitrogen and oxygen atoms in total. The standard InChI is InChI=1S/C27H26F4N6O2/c1-3-36-13-22(27(29,30)31)34-25(36)17-9-8-16(11-18(17)28)39-21-5-4-10-37-20(21)12-19(35-37)23-24(15-6-7-15)32-14-33-26(23)38-2/h8-9,11-15,21H,3-7,10H2,1-2H3/t21-/m0/s1. The van der Waals surface area contributed by atoms with Gasteiger partial charge in [0, 0.05) is 31.3 Å². The van der Waals surface area contributed by atoms with Crippen LogP contribution in [0.2, 0.25) is 0 Å². The Morgan fingerprint density at radius 1 is 1.10 bits per heavy atom. The number of aryl methyl sites for hydroxylation is 2. The highest BCUT2D eigenvalue weighted by atomic mass is 19.4. The van der Waals surface area contributed by atoms with Gasteiger partial charge >= 0.3 is 6.18 Å². The van der Waals surface area contributed by atoms with Gasteiger partial charge in [0.2, 0.25) is 5.88 Å². The summed E-state index contributed by atoms with van der Waals surface area (Å²) in [7, 11) is 1.57. The Kier molecular flexibility index (Phi) is 6.27. The number of aromatic nitrogens is 6. The van der Waals surface area contributed by atoms with Crippen molar-refractivity contribution >= 4 is 0 Å². The second kappa shape index (κ2) is 9.65. The number of methoxy groups -OCH3 is 1. The Labute approximate surface area is 221 Å². The summed E-state index contributed by atoms with van der Waals surface area (Å²) in [5.74, 6) is 0.296. The Morgan fingerprint density at radius 3 is 2.62 bits per heavy atom. The Hall–Kier alpha value is -3.96. The van der Waals surface area contributed by atoms with Crippen molar-refractivity contribution in [3.05, 3.63) is 59.7 Å². The SMILES string of the molecule is CCn1cc(C(F)(F)F)nc1-c1ccc(O[C@H]2CCCn3nc(-c4c(OC)ncnc4C4CC4)cc32)cc1F. The van der Waals surface area contributed by atoms with Crippen molar-refractivity contribution in [2.24, 2.45) is 0 Å². The largest absolute Gasteiger partial charge is 0.484 e. The van der Waals surface area contributed by atoms with Crippen LogP contribution in [-0.4, -0.2) is 36.4 Å². The van der Waals surface area contributed by atoms with Crippen LogP contribution in [0.3, 0.4) is 0 Å². The normalized spacial score (nSPS) is 17.2. The third-order valence-corrected chi connectivity index (χ3v) is 7.10. The number of rotatable bonds is 7. The van der Waals surface area contributed by atoms with E-state index in [4.69, 9.17) is 14.6 Å². The van der Waals surface area contributed by atoms with Gasteiger partial charge in [0.05, 0.1) is 29.6 Å². The van der Waals surface area contributed by atoms with Crippen LogP contribution < -0.4 is 9.47 Å². The lowest BCUT2D eigenvalue weighted by molar-refractivity contribution is -0.140. The predicted octanol–water partition coefficient (Wildman–Crippen LogP) is 6.18. The van der Waals surface area contributed by atoms with Crippen molar-refractivity contribution in [1.29, 1.82) is 0 Å². The Balaban J connectivity index is 1.29. The number of halogens is 4. The summed E-state index contributed by atoms with van der Waals surface area (Å²) in [4.78, 5) is 12.4. The van der Waals surface area contributed by atoms with Crippen molar-refractivity contribution in [2.45, 2.75) is 63.9 Å². The van der Waals surface area contributed by atoms with Gasteiger partial charge < -0.3 is 14.0 Å². The average Bonchev–Trinajstić information content (AvgIpc) is 3.51. The van der Waals surface area contributed by atoms with Crippen LogP contribution in [0.1, 0.15) is 61.7 Å². The molecule has 1 fully saturated rings. The summed E-state index contributed by atoms with van der Waals surface area (Å²) in [6, 6.07) is 6.08. The first-order valence-corrected chi connectivity index (χ1v) is 12.8. The maximum absolute atomic E-state index is 15.2. The van der Waals surface area contributed by atoms with Crippen LogP contribution >= 0.6 is 0 Å². The Bertz CT molecular complexity index is 1530. The van der Waals surface area contributed by atoms with E-state index in [-0.39, 0.29) is 29.8 Å². The molecule has 4 heterocycles. The third-order valence-electron chi connectivity index (χ3n) is 7.10. The van der Waals surface area contributed by atoms with E-state index in [1.54, 1.807) is 20.1 Å². The van der Waals surface area contributed by atoms with E-state index >= 15 is 4.39 Å². The molecule has 2 aliphatic rings. The molecule has 1 aliphatic heterocycles. The molecule has 0 spiro atoms. The molecule has 3 aromatic heterocycles. The van der Waals surface area contributed by atoms with Crippen molar-refractivity contribution in [3.63, 3.8) is 0 Å². The number of ether oxygens (including phenoxy) is 2. The van der Waals surface area contributed by atoms with E-state index in [1.165, 1.54) is 23.0 Å². The van der Waals surface area contributed by atoms with E-state index < -0.39 is 17.7 Å². The summed E-state index contributed by atoms with van der Waals surface area (Å²) < 4.78 is 69.6. The van der Waals surface area contributed by atoms with Gasteiger partial charge in [-0.1, -0.05) is 0 Å². The van der Waals surface area contributed by atoms with Crippen molar-refractivity contribution in [2.75, 3.05) is 7.11 Å². The molecular formula is C27H26F4N6O2. The topological polar surface area (TPSA) is 79.9 Å². The number of hydrogen-bond acceptors (Lipinski definition) is 6. The molecule has 204 valence electrons. The highest BCUT2D eigenvalue weighted by Crippen LogP contribution is 2.46. The molecule has 0 radical (unpaired) electrons. The maximum Gasteiger partial charge on any atom is 0.434 e. The van der Waals surface area contributed by atoms with E-state index in [1.807, 2.05) is 10.7 Å². The quantitative estimate of drug-likeness (QED) is 0.260. The molecule has 1 atom stereocenters. The lowest BCUT2D eigenvalue weighted by Gasteiger charge is -2.24. The van der Waals surface area contributed by atoms with E-state index in [0.717, 1.165) is 42.4 Å². The average molecular weight is 543 g/mol. The second-order valence-electron chi connectivity index (χ2n) is 9.72. The molecule has 0 bridgehead atoms. The molecule has 1 saturated carbocycles. The lowest BCUT2D eigenvalue weighted by Crippen LogP contribution is -2.20. The number of fused-ring (bicyclic) bond motifs is 1. The minimum absolute atomic E-state index is 0.0283. The summed E-state index contributed by atoms with van der Waals surface area (Å²) >= 11 is 0. The van der Waals surface area contributed by atoms with Gasteiger partial charge in [-0.15, -0.1) is 0 Å². The summed E-state index contributed by atoms with van der Waals surface area (Å²) in [6.45, 7) is 2.59. The fourth-order valence-electron chi connectivity index (χ4n) is 5.05. The molecule has 1 aliphatic carbocycles.